The first-order valence-electron chi connectivity index (χ1n) is 7.46. The molecular weight excluding hydrogens is 360 g/mol. The van der Waals surface area contributed by atoms with Crippen LogP contribution in [0.3, 0.4) is 0 Å². The molecule has 0 spiro atoms. The second-order valence-electron chi connectivity index (χ2n) is 5.91. The van der Waals surface area contributed by atoms with Crippen molar-refractivity contribution in [3.05, 3.63) is 86.2 Å². The third kappa shape index (κ3) is 2.43. The van der Waals surface area contributed by atoms with Gasteiger partial charge in [-0.25, -0.2) is 0 Å². The van der Waals surface area contributed by atoms with Gasteiger partial charge in [-0.15, -0.1) is 33.4 Å². The molecule has 0 amide bonds. The summed E-state index contributed by atoms with van der Waals surface area (Å²) in [6.07, 6.45) is 11.4. The Bertz CT molecular complexity index is 1020. The van der Waals surface area contributed by atoms with E-state index in [1.54, 1.807) is 0 Å². The maximum Gasteiger partial charge on any atom is 0.00379 e. The Labute approximate surface area is 151 Å². The quantitative estimate of drug-likeness (QED) is 0.446. The summed E-state index contributed by atoms with van der Waals surface area (Å²) in [5.41, 5.74) is 4.22. The van der Waals surface area contributed by atoms with E-state index < -0.39 is 8.41 Å². The Balaban J connectivity index is 0.00000144. The molecule has 0 bridgehead atoms. The summed E-state index contributed by atoms with van der Waals surface area (Å²) in [4.78, 5) is 1.54. The topological polar surface area (TPSA) is 0 Å². The average Bonchev–Trinajstić information content (AvgIpc) is 3.13. The maximum atomic E-state index is 3.67. The zero-order valence-corrected chi connectivity index (χ0v) is 16.4. The van der Waals surface area contributed by atoms with Crippen LogP contribution >= 0.6 is 0 Å². The first kappa shape index (κ1) is 15.8. The SMILES string of the molecule is C[Si](C)=c1ccc2c(c1C1=CC=CC1)[C-]=c1ccccc1=2.[Zr]. The van der Waals surface area contributed by atoms with Gasteiger partial charge in [0.1, 0.15) is 0 Å². The van der Waals surface area contributed by atoms with E-state index in [9.17, 15) is 0 Å². The second kappa shape index (κ2) is 6.18. The molecule has 2 aromatic rings. The van der Waals surface area contributed by atoms with Crippen LogP contribution in [0.2, 0.25) is 13.1 Å². The Hall–Kier alpha value is -1.11. The van der Waals surface area contributed by atoms with Crippen molar-refractivity contribution in [2.45, 2.75) is 19.5 Å². The minimum Gasteiger partial charge on any atom is -0.123 e. The molecule has 0 nitrogen and oxygen atoms in total. The second-order valence-corrected chi connectivity index (χ2v) is 8.44. The van der Waals surface area contributed by atoms with Crippen LogP contribution in [0.4, 0.5) is 0 Å². The van der Waals surface area contributed by atoms with E-state index in [1.807, 2.05) is 0 Å². The van der Waals surface area contributed by atoms with Crippen LogP contribution in [0.15, 0.2) is 54.6 Å². The fraction of sp³-hybridized carbons (Fsp3) is 0.150. The molecule has 0 saturated heterocycles. The van der Waals surface area contributed by atoms with E-state index in [-0.39, 0.29) is 26.2 Å². The molecule has 0 unspecified atom stereocenters. The number of fused-ring (bicyclic) bond motifs is 2. The van der Waals surface area contributed by atoms with Gasteiger partial charge in [-0.3, -0.25) is 0 Å². The molecule has 0 saturated carbocycles. The van der Waals surface area contributed by atoms with Gasteiger partial charge in [0.25, 0.3) is 0 Å². The van der Waals surface area contributed by atoms with Gasteiger partial charge in [-0.05, 0) is 6.42 Å². The van der Waals surface area contributed by atoms with E-state index in [2.05, 4.69) is 73.8 Å². The predicted molar refractivity (Wildman–Crippen MR) is 90.7 cm³/mol. The number of rotatable bonds is 1. The molecule has 4 rings (SSSR count). The number of benzene rings is 2. The van der Waals surface area contributed by atoms with Gasteiger partial charge >= 0.3 is 0 Å². The molecule has 0 fully saturated rings. The summed E-state index contributed by atoms with van der Waals surface area (Å²) < 4.78 is 0. The molecule has 2 aliphatic rings. The summed E-state index contributed by atoms with van der Waals surface area (Å²) in [6.45, 7) is 4.75. The Morgan fingerprint density at radius 2 is 1.82 bits per heavy atom. The van der Waals surface area contributed by atoms with Gasteiger partial charge in [0, 0.05) is 34.6 Å². The summed E-state index contributed by atoms with van der Waals surface area (Å²) in [5, 5.41) is 3.91. The van der Waals surface area contributed by atoms with Gasteiger partial charge in [0.15, 0.2) is 0 Å². The number of hydrogen-bond donors (Lipinski definition) is 0. The first-order chi connectivity index (χ1) is 10.3. The van der Waals surface area contributed by atoms with E-state index in [0.717, 1.165) is 6.42 Å². The van der Waals surface area contributed by atoms with E-state index in [0.29, 0.717) is 0 Å². The summed E-state index contributed by atoms with van der Waals surface area (Å²) in [6, 6.07) is 13.3. The minimum absolute atomic E-state index is 0. The minimum atomic E-state index is -0.494. The molecule has 0 aliphatic heterocycles. The van der Waals surface area contributed by atoms with Crippen LogP contribution in [-0.2, 0) is 26.2 Å². The predicted octanol–water partition coefficient (Wildman–Crippen LogP) is 3.92. The summed E-state index contributed by atoms with van der Waals surface area (Å²) in [5.74, 6) is 0. The molecule has 106 valence electrons. The summed E-state index contributed by atoms with van der Waals surface area (Å²) in [7, 11) is -0.494. The smallest absolute Gasteiger partial charge is 0.00379 e. The maximum absolute atomic E-state index is 3.67. The van der Waals surface area contributed by atoms with Crippen LogP contribution in [0.5, 0.6) is 0 Å². The molecule has 0 aromatic heterocycles. The monoisotopic (exact) mass is 375 g/mol. The molecule has 0 radical (unpaired) electrons. The van der Waals surface area contributed by atoms with Crippen molar-refractivity contribution >= 4 is 20.1 Å². The van der Waals surface area contributed by atoms with Crippen LogP contribution in [0.1, 0.15) is 17.5 Å². The van der Waals surface area contributed by atoms with Gasteiger partial charge in [0.05, 0.1) is 0 Å². The van der Waals surface area contributed by atoms with Crippen LogP contribution in [-0.4, -0.2) is 8.41 Å². The number of allylic oxidation sites excluding steroid dienone is 4. The average molecular weight is 377 g/mol. The van der Waals surface area contributed by atoms with Crippen molar-refractivity contribution in [1.29, 1.82) is 0 Å². The largest absolute Gasteiger partial charge is 0.123 e. The van der Waals surface area contributed by atoms with Crippen molar-refractivity contribution < 1.29 is 26.2 Å². The van der Waals surface area contributed by atoms with E-state index >= 15 is 0 Å². The van der Waals surface area contributed by atoms with Gasteiger partial charge in [0.2, 0.25) is 0 Å². The van der Waals surface area contributed by atoms with Gasteiger partial charge < -0.3 is 0 Å². The van der Waals surface area contributed by atoms with E-state index in [4.69, 9.17) is 0 Å². The van der Waals surface area contributed by atoms with Crippen molar-refractivity contribution in [3.63, 3.8) is 0 Å². The standard InChI is InChI=1S/C20H17Si.Zr/c1-21(2)19-12-11-17-16-10-6-5-9-15(16)13-18(17)20(19)14-7-3-4-8-14;/h3-7,9-12H,8H2,1-2H3;/q-1;. The summed E-state index contributed by atoms with van der Waals surface area (Å²) >= 11 is 0. The molecule has 2 aromatic carbocycles. The van der Waals surface area contributed by atoms with Crippen LogP contribution < -0.4 is 5.22 Å². The molecule has 0 N–H and O–H groups in total. The van der Waals surface area contributed by atoms with Crippen LogP contribution in [0.25, 0.3) is 11.6 Å². The van der Waals surface area contributed by atoms with Crippen molar-refractivity contribution in [2.75, 3.05) is 0 Å². The number of hydrogen-bond acceptors (Lipinski definition) is 0. The van der Waals surface area contributed by atoms with Crippen molar-refractivity contribution in [1.82, 2.24) is 0 Å². The normalized spacial score (nSPS) is 13.8. The third-order valence-electron chi connectivity index (χ3n) is 4.31. The molecule has 0 heterocycles. The van der Waals surface area contributed by atoms with Gasteiger partial charge in [-0.1, -0.05) is 77.6 Å². The van der Waals surface area contributed by atoms with E-state index in [1.165, 1.54) is 37.2 Å². The molecule has 2 heteroatoms. The molecule has 2 aliphatic carbocycles. The molecular formula is C20H17SiZr-. The van der Waals surface area contributed by atoms with Crippen molar-refractivity contribution in [3.8, 4) is 0 Å². The van der Waals surface area contributed by atoms with Crippen LogP contribution in [0, 0.1) is 15.3 Å². The third-order valence-corrected chi connectivity index (χ3v) is 5.81. The first-order valence-corrected chi connectivity index (χ1v) is 9.96. The fourth-order valence-corrected chi connectivity index (χ4v) is 4.50. The van der Waals surface area contributed by atoms with Crippen molar-refractivity contribution in [2.24, 2.45) is 0 Å². The fourth-order valence-electron chi connectivity index (χ4n) is 3.30. The Morgan fingerprint density at radius 3 is 2.55 bits per heavy atom. The molecule has 0 atom stereocenters. The Morgan fingerprint density at radius 1 is 1.00 bits per heavy atom. The van der Waals surface area contributed by atoms with Gasteiger partial charge in [-0.2, -0.15) is 0 Å². The molecule has 22 heavy (non-hydrogen) atoms. The Kier molecular flexibility index (Phi) is 4.43. The zero-order chi connectivity index (χ0) is 14.4. The zero-order valence-electron chi connectivity index (χ0n) is 12.9.